The van der Waals surface area contributed by atoms with Crippen LogP contribution < -0.4 is 10.6 Å². The first kappa shape index (κ1) is 28.8. The molecule has 0 saturated heterocycles. The molecule has 0 amide bonds. The fraction of sp³-hybridized carbons (Fsp3) is 0.920. The maximum atomic E-state index is 5.55. The lowest BCUT2D eigenvalue weighted by atomic mass is 10.0. The van der Waals surface area contributed by atoms with Gasteiger partial charge in [0.1, 0.15) is 0 Å². The Kier molecular flexibility index (Phi) is 23.9. The molecule has 0 aliphatic rings. The highest BCUT2D eigenvalue weighted by molar-refractivity contribution is 7.80. The molecule has 0 aromatic rings. The fourth-order valence-corrected chi connectivity index (χ4v) is 4.07. The van der Waals surface area contributed by atoms with E-state index in [0.717, 1.165) is 24.6 Å². The summed E-state index contributed by atoms with van der Waals surface area (Å²) in [6.07, 6.45) is 24.9. The van der Waals surface area contributed by atoms with Crippen LogP contribution >= 0.6 is 24.4 Å². The largest absolute Gasteiger partial charge is 0.363 e. The van der Waals surface area contributed by atoms with Crippen LogP contribution in [0.25, 0.3) is 0 Å². The molecule has 0 aromatic carbocycles. The molecule has 0 aliphatic carbocycles. The summed E-state index contributed by atoms with van der Waals surface area (Å²) in [4.78, 5) is 1.30. The minimum Gasteiger partial charge on any atom is -0.363 e. The molecule has 0 saturated carbocycles. The van der Waals surface area contributed by atoms with Gasteiger partial charge in [-0.15, -0.1) is 0 Å². The fourth-order valence-electron chi connectivity index (χ4n) is 3.58. The number of rotatable bonds is 22. The molecular weight excluding hydrogens is 392 g/mol. The minimum absolute atomic E-state index is 0.828. The highest BCUT2D eigenvalue weighted by atomic mass is 32.1. The van der Waals surface area contributed by atoms with E-state index >= 15 is 0 Å². The van der Waals surface area contributed by atoms with E-state index in [4.69, 9.17) is 24.4 Å². The van der Waals surface area contributed by atoms with Gasteiger partial charge in [-0.25, -0.2) is 0 Å². The Morgan fingerprint density at radius 3 is 1.24 bits per heavy atom. The normalized spacial score (nSPS) is 10.8. The van der Waals surface area contributed by atoms with Crippen molar-refractivity contribution in [1.29, 1.82) is 0 Å². The predicted octanol–water partition coefficient (Wildman–Crippen LogP) is 8.27. The molecule has 0 rings (SSSR count). The van der Waals surface area contributed by atoms with Gasteiger partial charge in [-0.3, -0.25) is 0 Å². The zero-order valence-corrected chi connectivity index (χ0v) is 21.3. The molecule has 0 fully saturated rings. The molecule has 2 N–H and O–H groups in total. The molecule has 0 aromatic heterocycles. The molecule has 2 nitrogen and oxygen atoms in total. The van der Waals surface area contributed by atoms with Crippen LogP contribution in [0.3, 0.4) is 0 Å². The summed E-state index contributed by atoms with van der Waals surface area (Å²) >= 11 is 10.9. The van der Waals surface area contributed by atoms with Crippen LogP contribution in [-0.4, -0.2) is 23.1 Å². The van der Waals surface area contributed by atoms with Gasteiger partial charge >= 0.3 is 0 Å². The van der Waals surface area contributed by atoms with Crippen LogP contribution in [-0.2, 0) is 0 Å². The van der Waals surface area contributed by atoms with Crippen LogP contribution in [0.5, 0.6) is 0 Å². The third kappa shape index (κ3) is 23.9. The second-order valence-electron chi connectivity index (χ2n) is 8.52. The minimum atomic E-state index is 0.828. The van der Waals surface area contributed by atoms with Gasteiger partial charge in [0.25, 0.3) is 0 Å². The summed E-state index contributed by atoms with van der Waals surface area (Å²) in [5.74, 6) is 0. The van der Waals surface area contributed by atoms with Crippen LogP contribution in [0.1, 0.15) is 136 Å². The van der Waals surface area contributed by atoms with Crippen molar-refractivity contribution in [3.63, 3.8) is 0 Å². The third-order valence-electron chi connectivity index (χ3n) is 5.54. The average Bonchev–Trinajstić information content (AvgIpc) is 2.71. The number of nitrogens with one attached hydrogen (secondary N) is 2. The Labute approximate surface area is 193 Å². The van der Waals surface area contributed by atoms with Crippen molar-refractivity contribution in [2.75, 3.05) is 13.1 Å². The van der Waals surface area contributed by atoms with Crippen molar-refractivity contribution in [3.8, 4) is 0 Å². The first-order valence-corrected chi connectivity index (χ1v) is 13.6. The van der Waals surface area contributed by atoms with E-state index in [1.807, 2.05) is 0 Å². The van der Waals surface area contributed by atoms with Crippen LogP contribution in [0.15, 0.2) is 0 Å². The Balaban J connectivity index is 3.27. The average molecular weight is 443 g/mol. The summed E-state index contributed by atoms with van der Waals surface area (Å²) in [5, 5.41) is 7.50. The van der Waals surface area contributed by atoms with Gasteiger partial charge in [-0.1, -0.05) is 110 Å². The van der Waals surface area contributed by atoms with E-state index in [-0.39, 0.29) is 0 Å². The smallest absolute Gasteiger partial charge is 0.166 e. The molecule has 0 aliphatic heterocycles. The molecule has 0 spiro atoms. The van der Waals surface area contributed by atoms with Gasteiger partial charge in [0, 0.05) is 13.1 Å². The van der Waals surface area contributed by atoms with Crippen molar-refractivity contribution >= 4 is 34.4 Å². The van der Waals surface area contributed by atoms with E-state index in [1.165, 1.54) is 120 Å². The molecule has 0 heterocycles. The number of hydrogen-bond donors (Lipinski definition) is 2. The van der Waals surface area contributed by atoms with E-state index < -0.39 is 0 Å². The maximum Gasteiger partial charge on any atom is 0.166 e. The Morgan fingerprint density at radius 2 is 0.828 bits per heavy atom. The Bertz CT molecular complexity index is 338. The second-order valence-corrected chi connectivity index (χ2v) is 9.51. The second kappa shape index (κ2) is 24.1. The maximum absolute atomic E-state index is 5.55. The van der Waals surface area contributed by atoms with Crippen molar-refractivity contribution in [2.24, 2.45) is 0 Å². The van der Waals surface area contributed by atoms with Crippen molar-refractivity contribution in [3.05, 3.63) is 0 Å². The third-order valence-corrected chi connectivity index (χ3v) is 6.24. The Hall–Kier alpha value is -0.220. The SMILES string of the molecule is CCCCCCCCCC(=S)CCCCCCNC(=S)NCCCCCCCC. The van der Waals surface area contributed by atoms with E-state index in [1.54, 1.807) is 0 Å². The lowest BCUT2D eigenvalue weighted by Gasteiger charge is -2.10. The molecule has 29 heavy (non-hydrogen) atoms. The molecule has 0 atom stereocenters. The van der Waals surface area contributed by atoms with Gasteiger partial charge in [0.15, 0.2) is 5.11 Å². The standard InChI is InChI=1S/C25H50N2S2/c1-3-5-7-9-11-12-16-20-24(28)21-17-13-15-19-23-27-25(29)26-22-18-14-10-8-6-4-2/h3-23H2,1-2H3,(H2,26,27,29). The van der Waals surface area contributed by atoms with E-state index in [0.29, 0.717) is 0 Å². The van der Waals surface area contributed by atoms with Gasteiger partial charge in [0.2, 0.25) is 0 Å². The van der Waals surface area contributed by atoms with Crippen LogP contribution in [0.4, 0.5) is 0 Å². The van der Waals surface area contributed by atoms with Crippen molar-refractivity contribution in [2.45, 2.75) is 136 Å². The molecule has 0 unspecified atom stereocenters. The zero-order valence-electron chi connectivity index (χ0n) is 19.7. The van der Waals surface area contributed by atoms with Gasteiger partial charge < -0.3 is 10.6 Å². The first-order valence-electron chi connectivity index (χ1n) is 12.7. The highest BCUT2D eigenvalue weighted by Gasteiger charge is 1.99. The Morgan fingerprint density at radius 1 is 0.483 bits per heavy atom. The number of thiocarbonyl (C=S) groups is 2. The lowest BCUT2D eigenvalue weighted by Crippen LogP contribution is -2.36. The summed E-state index contributed by atoms with van der Waals surface area (Å²) in [6, 6.07) is 0. The molecule has 0 radical (unpaired) electrons. The highest BCUT2D eigenvalue weighted by Crippen LogP contribution is 2.12. The summed E-state index contributed by atoms with van der Waals surface area (Å²) in [6.45, 7) is 6.54. The van der Waals surface area contributed by atoms with Crippen molar-refractivity contribution < 1.29 is 0 Å². The number of unbranched alkanes of at least 4 members (excludes halogenated alkanes) is 14. The summed E-state index contributed by atoms with van der Waals surface area (Å²) in [7, 11) is 0. The lowest BCUT2D eigenvalue weighted by molar-refractivity contribution is 0.593. The van der Waals surface area contributed by atoms with E-state index in [9.17, 15) is 0 Å². The number of hydrogen-bond acceptors (Lipinski definition) is 2. The quantitative estimate of drug-likeness (QED) is 0.130. The van der Waals surface area contributed by atoms with Crippen molar-refractivity contribution in [1.82, 2.24) is 10.6 Å². The van der Waals surface area contributed by atoms with Crippen LogP contribution in [0.2, 0.25) is 0 Å². The van der Waals surface area contributed by atoms with Crippen LogP contribution in [0, 0.1) is 0 Å². The van der Waals surface area contributed by atoms with Gasteiger partial charge in [-0.05, 0) is 55.6 Å². The summed E-state index contributed by atoms with van der Waals surface area (Å²) < 4.78 is 0. The first-order chi connectivity index (χ1) is 14.2. The molecule has 0 bridgehead atoms. The molecule has 4 heteroatoms. The molecule has 172 valence electrons. The predicted molar refractivity (Wildman–Crippen MR) is 140 cm³/mol. The van der Waals surface area contributed by atoms with Gasteiger partial charge in [-0.2, -0.15) is 0 Å². The summed E-state index contributed by atoms with van der Waals surface area (Å²) in [5.41, 5.74) is 0. The monoisotopic (exact) mass is 442 g/mol. The van der Waals surface area contributed by atoms with Gasteiger partial charge in [0.05, 0.1) is 0 Å². The molecular formula is C25H50N2S2. The van der Waals surface area contributed by atoms with E-state index in [2.05, 4.69) is 24.5 Å². The topological polar surface area (TPSA) is 24.1 Å². The zero-order chi connectivity index (χ0) is 21.4.